The molecule has 0 bridgehead atoms. The Morgan fingerprint density at radius 1 is 1.13 bits per heavy atom. The lowest BCUT2D eigenvalue weighted by molar-refractivity contribution is 0.0997. The zero-order valence-corrected chi connectivity index (χ0v) is 16.0. The fourth-order valence-electron chi connectivity index (χ4n) is 3.21. The summed E-state index contributed by atoms with van der Waals surface area (Å²) in [6.07, 6.45) is 0. The first-order valence-corrected chi connectivity index (χ1v) is 8.78. The summed E-state index contributed by atoms with van der Waals surface area (Å²) in [7, 11) is 2.93. The maximum absolute atomic E-state index is 12.8. The van der Waals surface area contributed by atoms with Crippen molar-refractivity contribution in [3.05, 3.63) is 58.6 Å². The number of fused-ring (bicyclic) bond motifs is 1. The van der Waals surface area contributed by atoms with E-state index in [4.69, 9.17) is 15.2 Å². The standard InChI is InChI=1S/C20H17N5O5/c1-29-13-8-4-7-12(16(13)30-2)25-19-15(23-20(25)28)14(17(21)27)22-18(24-19)10-5-3-6-11(26)9-10/h3-9,26H,1-2H3,(H2,21,27)(H,23,28). The van der Waals surface area contributed by atoms with E-state index < -0.39 is 11.6 Å². The third-order valence-electron chi connectivity index (χ3n) is 4.50. The van der Waals surface area contributed by atoms with Crippen molar-refractivity contribution in [2.45, 2.75) is 0 Å². The molecule has 0 saturated heterocycles. The van der Waals surface area contributed by atoms with Crippen LogP contribution in [0.4, 0.5) is 0 Å². The number of carbonyl (C=O) groups is 1. The van der Waals surface area contributed by atoms with Crippen molar-refractivity contribution < 1.29 is 19.4 Å². The molecule has 4 N–H and O–H groups in total. The number of amides is 1. The number of para-hydroxylation sites is 1. The van der Waals surface area contributed by atoms with Crippen LogP contribution in [-0.2, 0) is 0 Å². The number of primary amides is 1. The Kier molecular flexibility index (Phi) is 4.59. The number of hydrogen-bond donors (Lipinski definition) is 3. The first-order chi connectivity index (χ1) is 14.4. The van der Waals surface area contributed by atoms with Crippen LogP contribution in [0.15, 0.2) is 47.3 Å². The van der Waals surface area contributed by atoms with Gasteiger partial charge in [0.15, 0.2) is 28.7 Å². The molecular formula is C20H17N5O5. The molecule has 0 aliphatic heterocycles. The SMILES string of the molecule is COc1cccc(-n2c(=O)[nH]c3c(C(N)=O)nc(-c4cccc(O)c4)nc32)c1OC. The van der Waals surface area contributed by atoms with Crippen molar-refractivity contribution in [3.63, 3.8) is 0 Å². The molecule has 152 valence electrons. The molecule has 0 atom stereocenters. The Hall–Kier alpha value is -4.34. The molecule has 2 aromatic carbocycles. The number of carbonyl (C=O) groups excluding carboxylic acids is 1. The van der Waals surface area contributed by atoms with Crippen LogP contribution in [0.25, 0.3) is 28.2 Å². The molecule has 0 radical (unpaired) electrons. The second kappa shape index (κ2) is 7.24. The summed E-state index contributed by atoms with van der Waals surface area (Å²) in [6.45, 7) is 0. The van der Waals surface area contributed by atoms with Gasteiger partial charge >= 0.3 is 5.69 Å². The summed E-state index contributed by atoms with van der Waals surface area (Å²) >= 11 is 0. The average molecular weight is 407 g/mol. The summed E-state index contributed by atoms with van der Waals surface area (Å²) < 4.78 is 12.0. The second-order valence-electron chi connectivity index (χ2n) is 6.29. The maximum Gasteiger partial charge on any atom is 0.332 e. The van der Waals surface area contributed by atoms with Gasteiger partial charge in [-0.2, -0.15) is 0 Å². The normalized spacial score (nSPS) is 10.9. The second-order valence-corrected chi connectivity index (χ2v) is 6.29. The van der Waals surface area contributed by atoms with Crippen molar-refractivity contribution >= 4 is 17.1 Å². The van der Waals surface area contributed by atoms with Crippen molar-refractivity contribution in [3.8, 4) is 34.3 Å². The van der Waals surface area contributed by atoms with E-state index in [-0.39, 0.29) is 28.4 Å². The number of ether oxygens (including phenoxy) is 2. The number of benzene rings is 2. The van der Waals surface area contributed by atoms with Crippen LogP contribution in [0.5, 0.6) is 17.2 Å². The number of phenols is 1. The number of nitrogens with one attached hydrogen (secondary N) is 1. The Bertz CT molecular complexity index is 1340. The quantitative estimate of drug-likeness (QED) is 0.455. The molecule has 4 aromatic rings. The minimum atomic E-state index is -0.838. The average Bonchev–Trinajstić information content (AvgIpc) is 3.07. The van der Waals surface area contributed by atoms with Gasteiger partial charge in [-0.05, 0) is 24.3 Å². The fourth-order valence-corrected chi connectivity index (χ4v) is 3.21. The number of aromatic nitrogens is 4. The zero-order valence-electron chi connectivity index (χ0n) is 16.0. The molecule has 10 heteroatoms. The number of hydrogen-bond acceptors (Lipinski definition) is 7. The molecule has 0 aliphatic carbocycles. The van der Waals surface area contributed by atoms with Crippen LogP contribution in [0.1, 0.15) is 10.5 Å². The van der Waals surface area contributed by atoms with Gasteiger partial charge in [-0.25, -0.2) is 19.3 Å². The van der Waals surface area contributed by atoms with Crippen LogP contribution in [0.3, 0.4) is 0 Å². The number of rotatable bonds is 5. The van der Waals surface area contributed by atoms with Crippen molar-refractivity contribution in [1.29, 1.82) is 0 Å². The number of aromatic hydroxyl groups is 1. The molecule has 1 amide bonds. The molecule has 0 saturated carbocycles. The first-order valence-electron chi connectivity index (χ1n) is 8.78. The molecule has 10 nitrogen and oxygen atoms in total. The number of imidazole rings is 1. The molecule has 4 rings (SSSR count). The third kappa shape index (κ3) is 3.00. The largest absolute Gasteiger partial charge is 0.508 e. The molecule has 2 heterocycles. The highest BCUT2D eigenvalue weighted by Crippen LogP contribution is 2.34. The van der Waals surface area contributed by atoms with E-state index in [1.165, 1.54) is 30.9 Å². The fraction of sp³-hybridized carbons (Fsp3) is 0.100. The highest BCUT2D eigenvalue weighted by Gasteiger charge is 2.23. The highest BCUT2D eigenvalue weighted by atomic mass is 16.5. The maximum atomic E-state index is 12.8. The number of nitrogens with two attached hydrogens (primary N) is 1. The van der Waals surface area contributed by atoms with Gasteiger partial charge in [-0.1, -0.05) is 18.2 Å². The van der Waals surface area contributed by atoms with E-state index in [1.54, 1.807) is 30.3 Å². The third-order valence-corrected chi connectivity index (χ3v) is 4.50. The molecule has 30 heavy (non-hydrogen) atoms. The summed E-state index contributed by atoms with van der Waals surface area (Å²) in [4.78, 5) is 36.1. The van der Waals surface area contributed by atoms with Crippen molar-refractivity contribution in [1.82, 2.24) is 19.5 Å². The lowest BCUT2D eigenvalue weighted by Gasteiger charge is -2.13. The zero-order chi connectivity index (χ0) is 21.4. The van der Waals surface area contributed by atoms with E-state index in [2.05, 4.69) is 15.0 Å². The van der Waals surface area contributed by atoms with E-state index in [0.29, 0.717) is 22.7 Å². The number of nitrogens with zero attached hydrogens (tertiary/aromatic N) is 3. The number of aromatic amines is 1. The predicted octanol–water partition coefficient (Wildman–Crippen LogP) is 1.60. The van der Waals surface area contributed by atoms with Crippen LogP contribution in [0.2, 0.25) is 0 Å². The number of methoxy groups -OCH3 is 2. The smallest absolute Gasteiger partial charge is 0.332 e. The summed E-state index contributed by atoms with van der Waals surface area (Å²) in [5.41, 5.74) is 5.77. The topological polar surface area (TPSA) is 145 Å². The van der Waals surface area contributed by atoms with Crippen molar-refractivity contribution in [2.75, 3.05) is 14.2 Å². The lowest BCUT2D eigenvalue weighted by Crippen LogP contribution is -2.16. The molecule has 0 aliphatic rings. The number of H-pyrrole nitrogens is 1. The van der Waals surface area contributed by atoms with Crippen molar-refractivity contribution in [2.24, 2.45) is 5.73 Å². The van der Waals surface area contributed by atoms with Crippen LogP contribution < -0.4 is 20.9 Å². The van der Waals surface area contributed by atoms with Gasteiger partial charge < -0.3 is 25.3 Å². The van der Waals surface area contributed by atoms with Gasteiger partial charge in [0.1, 0.15) is 11.3 Å². The predicted molar refractivity (Wildman–Crippen MR) is 108 cm³/mol. The van der Waals surface area contributed by atoms with E-state index >= 15 is 0 Å². The highest BCUT2D eigenvalue weighted by molar-refractivity contribution is 6.02. The van der Waals surface area contributed by atoms with Gasteiger partial charge in [0.05, 0.1) is 19.9 Å². The van der Waals surface area contributed by atoms with Gasteiger partial charge in [0.25, 0.3) is 5.91 Å². The summed E-state index contributed by atoms with van der Waals surface area (Å²) in [5, 5.41) is 9.79. The summed E-state index contributed by atoms with van der Waals surface area (Å²) in [6, 6.07) is 11.2. The molecule has 0 spiro atoms. The summed E-state index contributed by atoms with van der Waals surface area (Å²) in [5.74, 6) is -0.0100. The van der Waals surface area contributed by atoms with Crippen LogP contribution in [-0.4, -0.2) is 44.8 Å². The van der Waals surface area contributed by atoms with Crippen LogP contribution in [0, 0.1) is 0 Å². The minimum absolute atomic E-state index is 0.00209. The Morgan fingerprint density at radius 2 is 1.90 bits per heavy atom. The number of phenolic OH excluding ortho intramolecular Hbond substituents is 1. The molecular weight excluding hydrogens is 390 g/mol. The van der Waals surface area contributed by atoms with E-state index in [0.717, 1.165) is 0 Å². The van der Waals surface area contributed by atoms with Gasteiger partial charge in [-0.3, -0.25) is 4.79 Å². The van der Waals surface area contributed by atoms with Crippen LogP contribution >= 0.6 is 0 Å². The lowest BCUT2D eigenvalue weighted by atomic mass is 10.2. The molecule has 0 unspecified atom stereocenters. The minimum Gasteiger partial charge on any atom is -0.508 e. The van der Waals surface area contributed by atoms with E-state index in [1.807, 2.05) is 0 Å². The first kappa shape index (κ1) is 19.0. The van der Waals surface area contributed by atoms with E-state index in [9.17, 15) is 14.7 Å². The van der Waals surface area contributed by atoms with Gasteiger partial charge in [-0.15, -0.1) is 0 Å². The van der Waals surface area contributed by atoms with Gasteiger partial charge in [0.2, 0.25) is 0 Å². The molecule has 2 aromatic heterocycles. The Morgan fingerprint density at radius 3 is 2.57 bits per heavy atom. The Labute approximate surface area is 169 Å². The monoisotopic (exact) mass is 407 g/mol. The van der Waals surface area contributed by atoms with Gasteiger partial charge in [0, 0.05) is 5.56 Å². The molecule has 0 fully saturated rings. The Balaban J connectivity index is 2.09.